The third-order valence-electron chi connectivity index (χ3n) is 5.15. The van der Waals surface area contributed by atoms with Gasteiger partial charge in [0.2, 0.25) is 0 Å². The van der Waals surface area contributed by atoms with Crippen LogP contribution in [0.2, 0.25) is 0 Å². The Hall–Kier alpha value is -4.18. The summed E-state index contributed by atoms with van der Waals surface area (Å²) in [6, 6.07) is 17.7. The largest absolute Gasteiger partial charge is 0.449 e. The van der Waals surface area contributed by atoms with Gasteiger partial charge in [0.1, 0.15) is 18.5 Å². The van der Waals surface area contributed by atoms with Crippen molar-refractivity contribution < 1.29 is 14.5 Å². The molecule has 7 nitrogen and oxygen atoms in total. The minimum Gasteiger partial charge on any atom is -0.449 e. The van der Waals surface area contributed by atoms with E-state index in [0.29, 0.717) is 11.3 Å². The molecule has 1 aliphatic rings. The predicted octanol–water partition coefficient (Wildman–Crippen LogP) is 4.19. The van der Waals surface area contributed by atoms with Gasteiger partial charge in [0.05, 0.1) is 11.5 Å². The van der Waals surface area contributed by atoms with Gasteiger partial charge >= 0.3 is 6.09 Å². The van der Waals surface area contributed by atoms with Crippen LogP contribution < -0.4 is 5.32 Å². The van der Waals surface area contributed by atoms with E-state index in [2.05, 4.69) is 46.4 Å². The van der Waals surface area contributed by atoms with E-state index >= 15 is 0 Å². The molecule has 1 aliphatic carbocycles. The van der Waals surface area contributed by atoms with Crippen LogP contribution >= 0.6 is 0 Å². The Kier molecular flexibility index (Phi) is 5.63. The van der Waals surface area contributed by atoms with Crippen LogP contribution in [-0.4, -0.2) is 29.2 Å². The van der Waals surface area contributed by atoms with Gasteiger partial charge in [-0.05, 0) is 40.7 Å². The first-order valence-electron chi connectivity index (χ1n) is 9.73. The van der Waals surface area contributed by atoms with E-state index in [-0.39, 0.29) is 24.8 Å². The molecule has 0 bridgehead atoms. The number of pyridine rings is 1. The fourth-order valence-electron chi connectivity index (χ4n) is 3.68. The number of nitro groups is 1. The maximum absolute atomic E-state index is 12.1. The van der Waals surface area contributed by atoms with Crippen molar-refractivity contribution in [3.63, 3.8) is 0 Å². The first-order valence-corrected chi connectivity index (χ1v) is 9.73. The Bertz CT molecular complexity index is 1180. The monoisotopic (exact) mass is 413 g/mol. The highest BCUT2D eigenvalue weighted by atomic mass is 16.6. The first kappa shape index (κ1) is 20.1. The second-order valence-corrected chi connectivity index (χ2v) is 7.10. The van der Waals surface area contributed by atoms with Crippen LogP contribution in [0.25, 0.3) is 11.1 Å². The van der Waals surface area contributed by atoms with Crippen LogP contribution in [0.1, 0.15) is 28.3 Å². The van der Waals surface area contributed by atoms with Crippen molar-refractivity contribution in [3.05, 3.63) is 93.3 Å². The number of ether oxygens (including phenoxy) is 1. The van der Waals surface area contributed by atoms with Crippen molar-refractivity contribution in [2.75, 3.05) is 13.2 Å². The van der Waals surface area contributed by atoms with Crippen molar-refractivity contribution in [1.82, 2.24) is 10.3 Å². The summed E-state index contributed by atoms with van der Waals surface area (Å²) in [6.45, 7) is 2.01. The third-order valence-corrected chi connectivity index (χ3v) is 5.15. The molecule has 0 atom stereocenters. The molecule has 1 N–H and O–H groups in total. The summed E-state index contributed by atoms with van der Waals surface area (Å²) >= 11 is 0. The van der Waals surface area contributed by atoms with Gasteiger partial charge < -0.3 is 10.1 Å². The van der Waals surface area contributed by atoms with Gasteiger partial charge in [0.25, 0.3) is 5.69 Å². The number of fused-ring (bicyclic) bond motifs is 3. The molecule has 3 aromatic rings. The standard InChI is InChI=1S/C24H19N3O4/c1-16-13-17(27(29)30)14-26-23(16)11-6-12-25-24(28)31-15-22-20-9-4-2-7-18(20)19-8-3-5-10-21(19)22/h2-5,7-10,13-14,22H,12,15H2,1H3,(H,25,28). The van der Waals surface area contributed by atoms with Gasteiger partial charge in [-0.2, -0.15) is 0 Å². The number of rotatable bonds is 4. The average Bonchev–Trinajstić information content (AvgIpc) is 3.10. The fourth-order valence-corrected chi connectivity index (χ4v) is 3.68. The molecule has 1 heterocycles. The Morgan fingerprint density at radius 3 is 2.42 bits per heavy atom. The normalized spacial score (nSPS) is 11.6. The van der Waals surface area contributed by atoms with E-state index < -0.39 is 11.0 Å². The number of nitrogens with zero attached hydrogens (tertiary/aromatic N) is 2. The molecule has 0 aliphatic heterocycles. The minimum atomic E-state index is -0.551. The summed E-state index contributed by atoms with van der Waals surface area (Å²) in [5, 5.41) is 13.4. The Labute approximate surface area is 179 Å². The molecule has 31 heavy (non-hydrogen) atoms. The zero-order valence-corrected chi connectivity index (χ0v) is 16.8. The number of carbonyl (C=O) groups is 1. The quantitative estimate of drug-likeness (QED) is 0.393. The molecular formula is C24H19N3O4. The molecule has 154 valence electrons. The molecule has 0 unspecified atom stereocenters. The third kappa shape index (κ3) is 4.23. The maximum atomic E-state index is 12.1. The van der Waals surface area contributed by atoms with Crippen LogP contribution in [0.4, 0.5) is 10.5 Å². The van der Waals surface area contributed by atoms with Gasteiger partial charge in [-0.25, -0.2) is 9.78 Å². The first-order chi connectivity index (χ1) is 15.0. The maximum Gasteiger partial charge on any atom is 0.407 e. The summed E-state index contributed by atoms with van der Waals surface area (Å²) in [6.07, 6.45) is 0.611. The summed E-state index contributed by atoms with van der Waals surface area (Å²) in [5.74, 6) is 5.59. The Morgan fingerprint density at radius 1 is 1.16 bits per heavy atom. The number of amides is 1. The Balaban J connectivity index is 1.34. The predicted molar refractivity (Wildman–Crippen MR) is 116 cm³/mol. The van der Waals surface area contributed by atoms with Crippen LogP contribution in [0.5, 0.6) is 0 Å². The highest BCUT2D eigenvalue weighted by Gasteiger charge is 2.28. The van der Waals surface area contributed by atoms with E-state index in [4.69, 9.17) is 4.74 Å². The lowest BCUT2D eigenvalue weighted by molar-refractivity contribution is -0.385. The van der Waals surface area contributed by atoms with E-state index in [1.807, 2.05) is 24.3 Å². The number of aryl methyl sites for hydroxylation is 1. The summed E-state index contributed by atoms with van der Waals surface area (Å²) in [4.78, 5) is 26.4. The molecule has 0 saturated carbocycles. The molecule has 1 aromatic heterocycles. The average molecular weight is 413 g/mol. The molecule has 7 heteroatoms. The SMILES string of the molecule is Cc1cc([N+](=O)[O-])cnc1C#CCNC(=O)OCC1c2ccccc2-c2ccccc21. The smallest absolute Gasteiger partial charge is 0.407 e. The number of hydrogen-bond donors (Lipinski definition) is 1. The molecule has 2 aromatic carbocycles. The van der Waals surface area contributed by atoms with E-state index in [0.717, 1.165) is 17.3 Å². The number of nitrogens with one attached hydrogen (secondary N) is 1. The van der Waals surface area contributed by atoms with Crippen LogP contribution in [-0.2, 0) is 4.74 Å². The number of benzene rings is 2. The molecule has 0 radical (unpaired) electrons. The molecular weight excluding hydrogens is 394 g/mol. The minimum absolute atomic E-state index is 0.00352. The topological polar surface area (TPSA) is 94.4 Å². The molecule has 1 amide bonds. The molecule has 0 spiro atoms. The van der Waals surface area contributed by atoms with Crippen molar-refractivity contribution in [3.8, 4) is 23.0 Å². The second kappa shape index (κ2) is 8.67. The van der Waals surface area contributed by atoms with Gasteiger partial charge in [0.15, 0.2) is 0 Å². The van der Waals surface area contributed by atoms with Crippen LogP contribution in [0.15, 0.2) is 60.8 Å². The van der Waals surface area contributed by atoms with Crippen LogP contribution in [0.3, 0.4) is 0 Å². The van der Waals surface area contributed by atoms with Crippen molar-refractivity contribution in [1.29, 1.82) is 0 Å². The van der Waals surface area contributed by atoms with Gasteiger partial charge in [-0.1, -0.05) is 54.5 Å². The summed E-state index contributed by atoms with van der Waals surface area (Å²) < 4.78 is 5.45. The number of hydrogen-bond acceptors (Lipinski definition) is 5. The van der Waals surface area contributed by atoms with Crippen molar-refractivity contribution >= 4 is 11.8 Å². The molecule has 4 rings (SSSR count). The number of carbonyl (C=O) groups excluding carboxylic acids is 1. The summed E-state index contributed by atoms with van der Waals surface area (Å²) in [5.41, 5.74) is 5.59. The van der Waals surface area contributed by atoms with E-state index in [9.17, 15) is 14.9 Å². The Morgan fingerprint density at radius 2 is 1.81 bits per heavy atom. The van der Waals surface area contributed by atoms with Crippen molar-refractivity contribution in [2.24, 2.45) is 0 Å². The number of alkyl carbamates (subject to hydrolysis) is 1. The lowest BCUT2D eigenvalue weighted by Gasteiger charge is -2.14. The van der Waals surface area contributed by atoms with Gasteiger partial charge in [-0.15, -0.1) is 0 Å². The lowest BCUT2D eigenvalue weighted by Crippen LogP contribution is -2.26. The van der Waals surface area contributed by atoms with E-state index in [1.54, 1.807) is 6.92 Å². The second-order valence-electron chi connectivity index (χ2n) is 7.10. The van der Waals surface area contributed by atoms with Crippen molar-refractivity contribution in [2.45, 2.75) is 12.8 Å². The zero-order chi connectivity index (χ0) is 21.8. The number of aromatic nitrogens is 1. The lowest BCUT2D eigenvalue weighted by atomic mass is 9.98. The fraction of sp³-hybridized carbons (Fsp3) is 0.167. The van der Waals surface area contributed by atoms with Gasteiger partial charge in [0, 0.05) is 12.0 Å². The highest BCUT2D eigenvalue weighted by molar-refractivity contribution is 5.79. The van der Waals surface area contributed by atoms with Gasteiger partial charge in [-0.3, -0.25) is 10.1 Å². The van der Waals surface area contributed by atoms with Crippen LogP contribution in [0, 0.1) is 28.9 Å². The molecule has 0 saturated heterocycles. The van der Waals surface area contributed by atoms with E-state index in [1.165, 1.54) is 17.2 Å². The molecule has 0 fully saturated rings. The summed E-state index contributed by atoms with van der Waals surface area (Å²) in [7, 11) is 0. The zero-order valence-electron chi connectivity index (χ0n) is 16.8. The highest BCUT2D eigenvalue weighted by Crippen LogP contribution is 2.44.